The molecule has 8 N–H and O–H groups in total. The molecule has 1 rings (SSSR count). The molecule has 0 fully saturated rings. The second kappa shape index (κ2) is 13.1. The summed E-state index contributed by atoms with van der Waals surface area (Å²) in [4.78, 5) is 8.00. The Morgan fingerprint density at radius 2 is 2.25 bits per heavy atom. The highest BCUT2D eigenvalue weighted by Crippen LogP contribution is 2.19. The summed E-state index contributed by atoms with van der Waals surface area (Å²) in [5.74, 6) is 0.897. The van der Waals surface area contributed by atoms with Crippen LogP contribution in [0.4, 0.5) is 5.13 Å². The summed E-state index contributed by atoms with van der Waals surface area (Å²) >= 11 is 1.45. The number of nitrogens with two attached hydrogens (primary N) is 2. The van der Waals surface area contributed by atoms with E-state index in [-0.39, 0.29) is 5.96 Å². The average molecular weight is 354 g/mol. The Morgan fingerprint density at radius 1 is 1.54 bits per heavy atom. The maximum Gasteiger partial charge on any atom is 0.209 e. The van der Waals surface area contributed by atoms with E-state index >= 15 is 0 Å². The van der Waals surface area contributed by atoms with Crippen LogP contribution in [-0.2, 0) is 6.42 Å². The number of hydrogen-bond acceptors (Lipinski definition) is 6. The summed E-state index contributed by atoms with van der Waals surface area (Å²) in [7, 11) is 3.22. The molecule has 0 spiro atoms. The van der Waals surface area contributed by atoms with Gasteiger partial charge in [-0.25, -0.2) is 4.98 Å². The van der Waals surface area contributed by atoms with Crippen LogP contribution in [0, 0.1) is 22.8 Å². The number of rotatable bonds is 7. The van der Waals surface area contributed by atoms with Crippen molar-refractivity contribution >= 4 is 28.4 Å². The van der Waals surface area contributed by atoms with E-state index in [1.165, 1.54) is 18.4 Å². The number of guanidine groups is 2. The van der Waals surface area contributed by atoms with Crippen LogP contribution < -0.4 is 27.4 Å². The summed E-state index contributed by atoms with van der Waals surface area (Å²) < 4.78 is 0. The molecule has 1 aromatic heterocycles. The second-order valence-electron chi connectivity index (χ2n) is 4.87. The van der Waals surface area contributed by atoms with Crippen LogP contribution in [0.25, 0.3) is 0 Å². The average Bonchev–Trinajstić information content (AvgIpc) is 2.98. The van der Waals surface area contributed by atoms with Crippen LogP contribution >= 0.6 is 11.3 Å². The van der Waals surface area contributed by atoms with Gasteiger partial charge in [0.15, 0.2) is 11.1 Å². The second-order valence-corrected chi connectivity index (χ2v) is 5.73. The molecule has 0 amide bonds. The molecule has 0 saturated carbocycles. The van der Waals surface area contributed by atoms with Gasteiger partial charge in [-0.3, -0.25) is 5.41 Å². The van der Waals surface area contributed by atoms with E-state index in [1.807, 2.05) is 5.38 Å². The van der Waals surface area contributed by atoms with Gasteiger partial charge in [0.2, 0.25) is 12.2 Å². The summed E-state index contributed by atoms with van der Waals surface area (Å²) in [5, 5.41) is 26.9. The van der Waals surface area contributed by atoms with E-state index in [1.54, 1.807) is 13.2 Å². The van der Waals surface area contributed by atoms with Gasteiger partial charge in [0.1, 0.15) is 0 Å². The number of nitrogens with one attached hydrogen (secondary N) is 4. The molecule has 1 heterocycles. The lowest BCUT2D eigenvalue weighted by molar-refractivity contribution is 0.501. The van der Waals surface area contributed by atoms with Gasteiger partial charge in [-0.15, -0.1) is 16.3 Å². The zero-order valence-corrected chi connectivity index (χ0v) is 15.2. The van der Waals surface area contributed by atoms with E-state index in [9.17, 15) is 0 Å². The largest absolute Gasteiger partial charge is 0.370 e. The molecule has 0 saturated heterocycles. The number of nitrogens with zero attached hydrogens (tertiary/aromatic N) is 3. The van der Waals surface area contributed by atoms with Crippen LogP contribution in [-0.4, -0.2) is 37.5 Å². The van der Waals surface area contributed by atoms with E-state index in [4.69, 9.17) is 16.4 Å². The van der Waals surface area contributed by atoms with E-state index < -0.39 is 0 Å². The quantitative estimate of drug-likeness (QED) is 0.181. The highest BCUT2D eigenvalue weighted by Gasteiger charge is 2.08. The molecule has 0 bridgehead atoms. The van der Waals surface area contributed by atoms with E-state index in [0.29, 0.717) is 17.0 Å². The van der Waals surface area contributed by atoms with E-state index in [2.05, 4.69) is 38.6 Å². The van der Waals surface area contributed by atoms with Gasteiger partial charge >= 0.3 is 0 Å². The van der Waals surface area contributed by atoms with Gasteiger partial charge in [0, 0.05) is 19.0 Å². The minimum absolute atomic E-state index is 0.0978. The third kappa shape index (κ3) is 9.60. The first-order chi connectivity index (χ1) is 11.5. The molecule has 0 aliphatic rings. The molecule has 9 nitrogen and oxygen atoms in total. The van der Waals surface area contributed by atoms with Crippen LogP contribution in [0.5, 0.6) is 0 Å². The van der Waals surface area contributed by atoms with Crippen molar-refractivity contribution in [2.45, 2.75) is 26.2 Å². The lowest BCUT2D eigenvalue weighted by Crippen LogP contribution is -2.35. The van der Waals surface area contributed by atoms with Gasteiger partial charge in [-0.1, -0.05) is 6.92 Å². The molecule has 134 valence electrons. The highest BCUT2D eigenvalue weighted by molar-refractivity contribution is 7.13. The van der Waals surface area contributed by atoms with Crippen molar-refractivity contribution in [3.63, 3.8) is 0 Å². The molecule has 1 unspecified atom stereocenters. The molecule has 0 aromatic carbocycles. The van der Waals surface area contributed by atoms with Gasteiger partial charge in [0.25, 0.3) is 0 Å². The summed E-state index contributed by atoms with van der Waals surface area (Å²) in [6, 6.07) is 0. The maximum absolute atomic E-state index is 8.48. The van der Waals surface area contributed by atoms with Crippen molar-refractivity contribution in [2.24, 2.45) is 22.4 Å². The monoisotopic (exact) mass is 353 g/mol. The number of hydrogen-bond donors (Lipinski definition) is 6. The van der Waals surface area contributed by atoms with E-state index in [0.717, 1.165) is 31.5 Å². The van der Waals surface area contributed by atoms with Crippen LogP contribution in [0.1, 0.15) is 25.5 Å². The Balaban J connectivity index is 0.00000254. The number of aromatic nitrogens is 1. The third-order valence-corrected chi connectivity index (χ3v) is 3.72. The fourth-order valence-electron chi connectivity index (χ4n) is 1.92. The van der Waals surface area contributed by atoms with Crippen molar-refractivity contribution in [3.8, 4) is 6.19 Å². The Kier molecular flexibility index (Phi) is 11.8. The van der Waals surface area contributed by atoms with Crippen molar-refractivity contribution in [1.82, 2.24) is 15.6 Å². The first-order valence-electron chi connectivity index (χ1n) is 7.56. The number of thiazole rings is 1. The van der Waals surface area contributed by atoms with Gasteiger partial charge < -0.3 is 27.4 Å². The van der Waals surface area contributed by atoms with Crippen molar-refractivity contribution < 1.29 is 0 Å². The lowest BCUT2D eigenvalue weighted by Gasteiger charge is -2.11. The van der Waals surface area contributed by atoms with Crippen LogP contribution in [0.15, 0.2) is 10.4 Å². The SMILES string of the molecule is CN.CN/C(=N/C#N)NCCCC(C)Cc1csc(NC(=N)N)n1. The topological polar surface area (TPSA) is 161 Å². The number of nitriles is 1. The first kappa shape index (κ1) is 21.6. The molecule has 0 radical (unpaired) electrons. The third-order valence-electron chi connectivity index (χ3n) is 2.92. The van der Waals surface area contributed by atoms with Crippen molar-refractivity contribution in [3.05, 3.63) is 11.1 Å². The Bertz CT molecular complexity index is 547. The van der Waals surface area contributed by atoms with Gasteiger partial charge in [-0.05, 0) is 32.2 Å². The normalized spacial score (nSPS) is 11.5. The zero-order valence-electron chi connectivity index (χ0n) is 14.4. The minimum Gasteiger partial charge on any atom is -0.370 e. The molecular formula is C14H27N9S. The molecule has 0 aliphatic carbocycles. The van der Waals surface area contributed by atoms with Crippen molar-refractivity contribution in [1.29, 1.82) is 10.7 Å². The van der Waals surface area contributed by atoms with Gasteiger partial charge in [-0.2, -0.15) is 5.26 Å². The molecular weight excluding hydrogens is 326 g/mol. The van der Waals surface area contributed by atoms with Gasteiger partial charge in [0.05, 0.1) is 5.69 Å². The zero-order chi connectivity index (χ0) is 18.4. The smallest absolute Gasteiger partial charge is 0.209 e. The molecule has 1 atom stereocenters. The summed E-state index contributed by atoms with van der Waals surface area (Å²) in [5.41, 5.74) is 10.8. The summed E-state index contributed by atoms with van der Waals surface area (Å²) in [6.07, 6.45) is 4.66. The van der Waals surface area contributed by atoms with Crippen LogP contribution in [0.3, 0.4) is 0 Å². The highest BCUT2D eigenvalue weighted by atomic mass is 32.1. The minimum atomic E-state index is -0.0978. The lowest BCUT2D eigenvalue weighted by atomic mass is 10.0. The predicted molar refractivity (Wildman–Crippen MR) is 100.0 cm³/mol. The molecule has 0 aliphatic heterocycles. The van der Waals surface area contributed by atoms with Crippen molar-refractivity contribution in [2.75, 3.05) is 26.0 Å². The molecule has 24 heavy (non-hydrogen) atoms. The number of anilines is 1. The van der Waals surface area contributed by atoms with Crippen LogP contribution in [0.2, 0.25) is 0 Å². The summed E-state index contributed by atoms with van der Waals surface area (Å²) in [6.45, 7) is 2.94. The molecule has 10 heteroatoms. The first-order valence-corrected chi connectivity index (χ1v) is 8.44. The standard InChI is InChI=1S/C13H22N8S.CH5N/c1-9(4-3-5-18-12(17-2)19-8-14)6-10-7-22-13(20-10)21-11(15)16;1-2/h7,9H,3-6H2,1-2H3,(H2,17,18,19)(H4,15,16,20,21);2H2,1H3. The Hall–Kier alpha value is -2.38. The fraction of sp³-hybridized carbons (Fsp3) is 0.571. The number of aliphatic imine (C=N–C) groups is 1. The molecule has 1 aromatic rings. The predicted octanol–water partition coefficient (Wildman–Crippen LogP) is 0.628. The fourth-order valence-corrected chi connectivity index (χ4v) is 2.66. The maximum atomic E-state index is 8.48. The Labute approximate surface area is 147 Å². The Morgan fingerprint density at radius 3 is 2.83 bits per heavy atom.